The Kier molecular flexibility index (Phi) is 2.86. The van der Waals surface area contributed by atoms with Crippen LogP contribution in [0.25, 0.3) is 0 Å². The summed E-state index contributed by atoms with van der Waals surface area (Å²) < 4.78 is 12.9. The molecule has 1 aromatic rings. The summed E-state index contributed by atoms with van der Waals surface area (Å²) in [6.45, 7) is 1.58. The molecule has 0 spiro atoms. The molecule has 1 rings (SSSR count). The van der Waals surface area contributed by atoms with Crippen LogP contribution in [0.5, 0.6) is 0 Å². The van der Waals surface area contributed by atoms with Crippen molar-refractivity contribution < 1.29 is 4.39 Å². The quantitative estimate of drug-likeness (QED) is 0.759. The number of hydrogen-bond donors (Lipinski definition) is 1. The molecule has 12 heavy (non-hydrogen) atoms. The summed E-state index contributed by atoms with van der Waals surface area (Å²) in [7, 11) is 0. The normalized spacial score (nSPS) is 10.2. The zero-order chi connectivity index (χ0) is 9.14. The fourth-order valence-electron chi connectivity index (χ4n) is 0.835. The van der Waals surface area contributed by atoms with Crippen molar-refractivity contribution in [1.82, 2.24) is 9.97 Å². The van der Waals surface area contributed by atoms with E-state index in [1.54, 1.807) is 18.7 Å². The van der Waals surface area contributed by atoms with E-state index in [0.717, 1.165) is 0 Å². The van der Waals surface area contributed by atoms with Gasteiger partial charge in [0, 0.05) is 0 Å². The number of rotatable bonds is 2. The van der Waals surface area contributed by atoms with E-state index in [4.69, 9.17) is 5.73 Å². The first kappa shape index (κ1) is 9.25. The Morgan fingerprint density at radius 3 is 2.67 bits per heavy atom. The minimum atomic E-state index is -0.514. The molecule has 0 bridgehead atoms. The maximum absolute atomic E-state index is 12.9. The van der Waals surface area contributed by atoms with Gasteiger partial charge in [-0.25, -0.2) is 14.4 Å². The van der Waals surface area contributed by atoms with E-state index in [0.29, 0.717) is 17.3 Å². The molecule has 0 saturated carbocycles. The highest BCUT2D eigenvalue weighted by Crippen LogP contribution is 2.12. The zero-order valence-corrected chi connectivity index (χ0v) is 7.78. The van der Waals surface area contributed by atoms with Gasteiger partial charge in [0.15, 0.2) is 11.6 Å². The van der Waals surface area contributed by atoms with E-state index in [1.165, 1.54) is 0 Å². The summed E-state index contributed by atoms with van der Waals surface area (Å²) in [5, 5.41) is 0. The van der Waals surface area contributed by atoms with Crippen molar-refractivity contribution in [3.63, 3.8) is 0 Å². The van der Waals surface area contributed by atoms with Gasteiger partial charge in [-0.3, -0.25) is 0 Å². The van der Waals surface area contributed by atoms with Crippen LogP contribution in [0.2, 0.25) is 0 Å². The van der Waals surface area contributed by atoms with E-state index in [9.17, 15) is 4.39 Å². The lowest BCUT2D eigenvalue weighted by Gasteiger charge is -2.02. The average molecular weight is 187 g/mol. The molecular weight excluding hydrogens is 177 g/mol. The standard InChI is InChI=1S/C7H10FN3S/c1-4-6(8)7(9)11-5(10-4)3-12-2/h3H2,1-2H3,(H2,9,10,11). The molecule has 0 amide bonds. The van der Waals surface area contributed by atoms with Crippen LogP contribution in [-0.2, 0) is 5.75 Å². The number of anilines is 1. The Morgan fingerprint density at radius 2 is 2.17 bits per heavy atom. The molecule has 1 heterocycles. The second-order valence-corrected chi connectivity index (χ2v) is 3.22. The van der Waals surface area contributed by atoms with Crippen LogP contribution in [0, 0.1) is 12.7 Å². The van der Waals surface area contributed by atoms with Gasteiger partial charge in [0.25, 0.3) is 0 Å². The topological polar surface area (TPSA) is 51.8 Å². The number of nitrogen functional groups attached to an aromatic ring is 1. The van der Waals surface area contributed by atoms with Crippen molar-refractivity contribution >= 4 is 17.6 Å². The van der Waals surface area contributed by atoms with Gasteiger partial charge in [-0.2, -0.15) is 11.8 Å². The molecule has 0 aliphatic rings. The third-order valence-electron chi connectivity index (χ3n) is 1.36. The lowest BCUT2D eigenvalue weighted by molar-refractivity contribution is 0.604. The third kappa shape index (κ3) is 1.85. The number of nitrogens with zero attached hydrogens (tertiary/aromatic N) is 2. The summed E-state index contributed by atoms with van der Waals surface area (Å²) >= 11 is 1.57. The van der Waals surface area contributed by atoms with Crippen LogP contribution in [0.1, 0.15) is 11.5 Å². The summed E-state index contributed by atoms with van der Waals surface area (Å²) in [6, 6.07) is 0. The smallest absolute Gasteiger partial charge is 0.186 e. The van der Waals surface area contributed by atoms with Gasteiger partial charge in [-0.05, 0) is 13.2 Å². The summed E-state index contributed by atoms with van der Waals surface area (Å²) in [4.78, 5) is 7.73. The number of nitrogens with two attached hydrogens (primary N) is 1. The maximum atomic E-state index is 12.9. The number of aromatic nitrogens is 2. The van der Waals surface area contributed by atoms with Gasteiger partial charge >= 0.3 is 0 Å². The van der Waals surface area contributed by atoms with Crippen LogP contribution < -0.4 is 5.73 Å². The van der Waals surface area contributed by atoms with Gasteiger partial charge in [0.1, 0.15) is 5.82 Å². The molecule has 5 heteroatoms. The van der Waals surface area contributed by atoms with Crippen molar-refractivity contribution in [2.75, 3.05) is 12.0 Å². The third-order valence-corrected chi connectivity index (χ3v) is 1.91. The molecule has 0 atom stereocenters. The highest BCUT2D eigenvalue weighted by atomic mass is 32.2. The van der Waals surface area contributed by atoms with Crippen molar-refractivity contribution in [2.24, 2.45) is 0 Å². The largest absolute Gasteiger partial charge is 0.381 e. The van der Waals surface area contributed by atoms with Crippen LogP contribution in [0.15, 0.2) is 0 Å². The Balaban J connectivity index is 3.04. The van der Waals surface area contributed by atoms with Gasteiger partial charge < -0.3 is 5.73 Å². The molecular formula is C7H10FN3S. The summed E-state index contributed by atoms with van der Waals surface area (Å²) in [6.07, 6.45) is 1.93. The minimum Gasteiger partial charge on any atom is -0.381 e. The van der Waals surface area contributed by atoms with Crippen molar-refractivity contribution in [3.05, 3.63) is 17.3 Å². The Bertz CT molecular complexity index is 267. The summed E-state index contributed by atoms with van der Waals surface area (Å²) in [5.41, 5.74) is 5.63. The van der Waals surface area contributed by atoms with Gasteiger partial charge in [0.2, 0.25) is 0 Å². The lowest BCUT2D eigenvalue weighted by Crippen LogP contribution is -2.04. The molecule has 3 nitrogen and oxygen atoms in total. The van der Waals surface area contributed by atoms with Crippen molar-refractivity contribution in [3.8, 4) is 0 Å². The van der Waals surface area contributed by atoms with E-state index >= 15 is 0 Å². The molecule has 0 radical (unpaired) electrons. The molecule has 0 aromatic carbocycles. The molecule has 0 aliphatic heterocycles. The monoisotopic (exact) mass is 187 g/mol. The second-order valence-electron chi connectivity index (χ2n) is 2.36. The van der Waals surface area contributed by atoms with Crippen LogP contribution in [0.3, 0.4) is 0 Å². The molecule has 66 valence electrons. The molecule has 1 aromatic heterocycles. The maximum Gasteiger partial charge on any atom is 0.186 e. The molecule has 2 N–H and O–H groups in total. The minimum absolute atomic E-state index is 0.0634. The Morgan fingerprint density at radius 1 is 1.50 bits per heavy atom. The Labute approximate surface area is 74.6 Å². The van der Waals surface area contributed by atoms with E-state index in [2.05, 4.69) is 9.97 Å². The number of halogens is 1. The van der Waals surface area contributed by atoms with Crippen LogP contribution in [0.4, 0.5) is 10.2 Å². The van der Waals surface area contributed by atoms with Crippen LogP contribution >= 0.6 is 11.8 Å². The average Bonchev–Trinajstić information content (AvgIpc) is 2.01. The van der Waals surface area contributed by atoms with E-state index in [1.807, 2.05) is 6.26 Å². The predicted molar refractivity (Wildman–Crippen MR) is 48.4 cm³/mol. The zero-order valence-electron chi connectivity index (χ0n) is 6.97. The van der Waals surface area contributed by atoms with E-state index < -0.39 is 5.82 Å². The van der Waals surface area contributed by atoms with Gasteiger partial charge in [-0.15, -0.1) is 0 Å². The number of hydrogen-bond acceptors (Lipinski definition) is 4. The summed E-state index contributed by atoms with van der Waals surface area (Å²) in [5.74, 6) is 0.663. The fraction of sp³-hybridized carbons (Fsp3) is 0.429. The van der Waals surface area contributed by atoms with Gasteiger partial charge in [0.05, 0.1) is 11.4 Å². The first-order chi connectivity index (χ1) is 5.65. The Hall–Kier alpha value is -0.840. The molecule has 0 aliphatic carbocycles. The first-order valence-electron chi connectivity index (χ1n) is 3.42. The van der Waals surface area contributed by atoms with Crippen molar-refractivity contribution in [2.45, 2.75) is 12.7 Å². The van der Waals surface area contributed by atoms with Gasteiger partial charge in [-0.1, -0.05) is 0 Å². The molecule has 0 fully saturated rings. The fourth-order valence-corrected chi connectivity index (χ4v) is 1.22. The van der Waals surface area contributed by atoms with E-state index in [-0.39, 0.29) is 5.82 Å². The van der Waals surface area contributed by atoms with Crippen LogP contribution in [-0.4, -0.2) is 16.2 Å². The number of thioether (sulfide) groups is 1. The first-order valence-corrected chi connectivity index (χ1v) is 4.82. The lowest BCUT2D eigenvalue weighted by atomic mass is 10.4. The highest BCUT2D eigenvalue weighted by Gasteiger charge is 2.07. The second kappa shape index (κ2) is 3.71. The molecule has 0 unspecified atom stereocenters. The molecule has 0 saturated heterocycles. The predicted octanol–water partition coefficient (Wildman–Crippen LogP) is 1.37. The number of aryl methyl sites for hydroxylation is 1. The highest BCUT2D eigenvalue weighted by molar-refractivity contribution is 7.97. The SMILES string of the molecule is CSCc1nc(C)c(F)c(N)n1. The van der Waals surface area contributed by atoms with Crippen molar-refractivity contribution in [1.29, 1.82) is 0 Å².